The summed E-state index contributed by atoms with van der Waals surface area (Å²) in [6, 6.07) is 15.9. The van der Waals surface area contributed by atoms with Crippen LogP contribution in [-0.2, 0) is 9.59 Å². The van der Waals surface area contributed by atoms with Gasteiger partial charge in [-0.1, -0.05) is 36.4 Å². The van der Waals surface area contributed by atoms with Crippen LogP contribution >= 0.6 is 0 Å². The smallest absolute Gasteiger partial charge is 0.262 e. The lowest BCUT2D eigenvalue weighted by Gasteiger charge is -2.12. The van der Waals surface area contributed by atoms with Crippen LogP contribution in [-0.4, -0.2) is 31.6 Å². The highest BCUT2D eigenvalue weighted by molar-refractivity contribution is 5.93. The fourth-order valence-corrected chi connectivity index (χ4v) is 1.93. The number of carbonyl (C=O) groups is 2. The van der Waals surface area contributed by atoms with Gasteiger partial charge in [0.1, 0.15) is 11.5 Å². The molecule has 0 aromatic heterocycles. The normalized spacial score (nSPS) is 9.76. The molecule has 0 saturated carbocycles. The lowest BCUT2D eigenvalue weighted by atomic mass is 10.3. The summed E-state index contributed by atoms with van der Waals surface area (Å²) in [5.41, 5.74) is 0.473. The number of para-hydroxylation sites is 3. The van der Waals surface area contributed by atoms with Gasteiger partial charge in [0.25, 0.3) is 11.8 Å². The SMILES string of the molecule is C=CCNC(=O)COc1ccccc1NC(=O)COc1ccccc1. The third-order valence-corrected chi connectivity index (χ3v) is 3.08. The number of hydrogen-bond acceptors (Lipinski definition) is 4. The van der Waals surface area contributed by atoms with Gasteiger partial charge < -0.3 is 20.1 Å². The van der Waals surface area contributed by atoms with E-state index in [0.717, 1.165) is 0 Å². The van der Waals surface area contributed by atoms with Crippen LogP contribution < -0.4 is 20.1 Å². The van der Waals surface area contributed by atoms with Crippen LogP contribution in [0.4, 0.5) is 5.69 Å². The monoisotopic (exact) mass is 340 g/mol. The third-order valence-electron chi connectivity index (χ3n) is 3.08. The van der Waals surface area contributed by atoms with Gasteiger partial charge in [0.15, 0.2) is 13.2 Å². The highest BCUT2D eigenvalue weighted by Gasteiger charge is 2.10. The van der Waals surface area contributed by atoms with Gasteiger partial charge in [-0.25, -0.2) is 0 Å². The van der Waals surface area contributed by atoms with Crippen LogP contribution in [0.2, 0.25) is 0 Å². The molecule has 0 aliphatic carbocycles. The van der Waals surface area contributed by atoms with Crippen molar-refractivity contribution >= 4 is 17.5 Å². The lowest BCUT2D eigenvalue weighted by molar-refractivity contribution is -0.122. The van der Waals surface area contributed by atoms with Crippen molar-refractivity contribution in [2.75, 3.05) is 25.1 Å². The van der Waals surface area contributed by atoms with Crippen LogP contribution in [0.15, 0.2) is 67.3 Å². The minimum absolute atomic E-state index is 0.127. The average molecular weight is 340 g/mol. The quantitative estimate of drug-likeness (QED) is 0.687. The molecule has 6 heteroatoms. The van der Waals surface area contributed by atoms with Gasteiger partial charge in [-0.05, 0) is 24.3 Å². The highest BCUT2D eigenvalue weighted by Crippen LogP contribution is 2.23. The van der Waals surface area contributed by atoms with Crippen LogP contribution in [0, 0.1) is 0 Å². The number of carbonyl (C=O) groups excluding carboxylic acids is 2. The first kappa shape index (κ1) is 18.1. The summed E-state index contributed by atoms with van der Waals surface area (Å²) in [5.74, 6) is 0.426. The van der Waals surface area contributed by atoms with E-state index in [1.165, 1.54) is 0 Å². The molecule has 2 aromatic carbocycles. The van der Waals surface area contributed by atoms with E-state index in [2.05, 4.69) is 17.2 Å². The number of hydrogen-bond donors (Lipinski definition) is 2. The number of amides is 2. The maximum absolute atomic E-state index is 12.0. The van der Waals surface area contributed by atoms with E-state index in [9.17, 15) is 9.59 Å². The van der Waals surface area contributed by atoms with E-state index in [1.54, 1.807) is 42.5 Å². The molecule has 2 N–H and O–H groups in total. The molecule has 130 valence electrons. The zero-order valence-electron chi connectivity index (χ0n) is 13.7. The van der Waals surface area contributed by atoms with Gasteiger partial charge in [0, 0.05) is 6.54 Å². The van der Waals surface area contributed by atoms with Gasteiger partial charge in [-0.2, -0.15) is 0 Å². The Labute approximate surface area is 146 Å². The Bertz CT molecular complexity index is 716. The molecular formula is C19H20N2O4. The van der Waals surface area contributed by atoms with E-state index in [-0.39, 0.29) is 25.0 Å². The summed E-state index contributed by atoms with van der Waals surface area (Å²) in [4.78, 5) is 23.6. The maximum atomic E-state index is 12.0. The Kier molecular flexibility index (Phi) is 7.06. The summed E-state index contributed by atoms with van der Waals surface area (Å²) in [7, 11) is 0. The van der Waals surface area contributed by atoms with Crippen LogP contribution in [0.25, 0.3) is 0 Å². The number of nitrogens with one attached hydrogen (secondary N) is 2. The summed E-state index contributed by atoms with van der Waals surface area (Å²) >= 11 is 0. The Hall–Kier alpha value is -3.28. The molecule has 0 heterocycles. The zero-order valence-corrected chi connectivity index (χ0v) is 13.7. The van der Waals surface area contributed by atoms with Crippen molar-refractivity contribution < 1.29 is 19.1 Å². The van der Waals surface area contributed by atoms with E-state index >= 15 is 0 Å². The Balaban J connectivity index is 1.87. The summed E-state index contributed by atoms with van der Waals surface area (Å²) in [6.45, 7) is 3.62. The molecule has 0 atom stereocenters. The molecule has 0 radical (unpaired) electrons. The number of ether oxygens (including phenoxy) is 2. The van der Waals surface area contributed by atoms with Crippen molar-refractivity contribution in [1.29, 1.82) is 0 Å². The van der Waals surface area contributed by atoms with Gasteiger partial charge in [0.2, 0.25) is 0 Å². The van der Waals surface area contributed by atoms with Crippen molar-refractivity contribution in [3.63, 3.8) is 0 Å². The molecule has 2 aromatic rings. The van der Waals surface area contributed by atoms with Crippen molar-refractivity contribution in [3.05, 3.63) is 67.3 Å². The number of benzene rings is 2. The molecule has 6 nitrogen and oxygen atoms in total. The van der Waals surface area contributed by atoms with Gasteiger partial charge in [0.05, 0.1) is 5.69 Å². The molecule has 0 spiro atoms. The standard InChI is InChI=1S/C19H20N2O4/c1-2-12-20-18(22)13-25-17-11-7-6-10-16(17)21-19(23)14-24-15-8-4-3-5-9-15/h2-11H,1,12-14H2,(H,20,22)(H,21,23). The minimum Gasteiger partial charge on any atom is -0.484 e. The van der Waals surface area contributed by atoms with E-state index in [0.29, 0.717) is 23.7 Å². The second kappa shape index (κ2) is 9.77. The summed E-state index contributed by atoms with van der Waals surface area (Å²) in [6.07, 6.45) is 1.58. The molecule has 0 saturated heterocycles. The van der Waals surface area contributed by atoms with Crippen molar-refractivity contribution in [3.8, 4) is 11.5 Å². The fourth-order valence-electron chi connectivity index (χ4n) is 1.93. The predicted octanol–water partition coefficient (Wildman–Crippen LogP) is 2.39. The number of anilines is 1. The molecule has 0 aliphatic heterocycles. The zero-order chi connectivity index (χ0) is 17.9. The van der Waals surface area contributed by atoms with Crippen molar-refractivity contribution in [2.45, 2.75) is 0 Å². The first-order chi connectivity index (χ1) is 12.2. The van der Waals surface area contributed by atoms with Gasteiger partial charge in [-0.3, -0.25) is 9.59 Å². The van der Waals surface area contributed by atoms with Crippen molar-refractivity contribution in [2.24, 2.45) is 0 Å². The first-order valence-corrected chi connectivity index (χ1v) is 7.76. The second-order valence-electron chi connectivity index (χ2n) is 5.03. The summed E-state index contributed by atoms with van der Waals surface area (Å²) in [5, 5.41) is 5.32. The molecule has 0 aliphatic rings. The van der Waals surface area contributed by atoms with Crippen LogP contribution in [0.3, 0.4) is 0 Å². The minimum atomic E-state index is -0.323. The highest BCUT2D eigenvalue weighted by atomic mass is 16.5. The molecular weight excluding hydrogens is 320 g/mol. The Morgan fingerprint density at radius 1 is 0.920 bits per heavy atom. The Morgan fingerprint density at radius 2 is 1.60 bits per heavy atom. The van der Waals surface area contributed by atoms with Crippen LogP contribution in [0.1, 0.15) is 0 Å². The third kappa shape index (κ3) is 6.39. The summed E-state index contributed by atoms with van der Waals surface area (Å²) < 4.78 is 10.9. The van der Waals surface area contributed by atoms with Crippen LogP contribution in [0.5, 0.6) is 11.5 Å². The van der Waals surface area contributed by atoms with E-state index < -0.39 is 0 Å². The molecule has 0 unspecified atom stereocenters. The molecule has 25 heavy (non-hydrogen) atoms. The Morgan fingerprint density at radius 3 is 2.36 bits per heavy atom. The lowest BCUT2D eigenvalue weighted by Crippen LogP contribution is -2.29. The van der Waals surface area contributed by atoms with E-state index in [4.69, 9.17) is 9.47 Å². The average Bonchev–Trinajstić information content (AvgIpc) is 2.65. The van der Waals surface area contributed by atoms with Gasteiger partial charge in [-0.15, -0.1) is 6.58 Å². The fraction of sp³-hybridized carbons (Fsp3) is 0.158. The largest absolute Gasteiger partial charge is 0.484 e. The molecule has 2 rings (SSSR count). The van der Waals surface area contributed by atoms with Gasteiger partial charge >= 0.3 is 0 Å². The molecule has 0 bridgehead atoms. The predicted molar refractivity (Wildman–Crippen MR) is 95.7 cm³/mol. The second-order valence-corrected chi connectivity index (χ2v) is 5.03. The maximum Gasteiger partial charge on any atom is 0.262 e. The topological polar surface area (TPSA) is 76.7 Å². The van der Waals surface area contributed by atoms with E-state index in [1.807, 2.05) is 18.2 Å². The van der Waals surface area contributed by atoms with Crippen molar-refractivity contribution in [1.82, 2.24) is 5.32 Å². The first-order valence-electron chi connectivity index (χ1n) is 7.76. The number of rotatable bonds is 9. The molecule has 0 fully saturated rings. The molecule has 2 amide bonds.